The third-order valence-corrected chi connectivity index (χ3v) is 2.73. The van der Waals surface area contributed by atoms with Gasteiger partial charge in [0, 0.05) is 17.9 Å². The third-order valence-electron chi connectivity index (χ3n) is 2.73. The molecule has 1 atom stereocenters. The second-order valence-corrected chi connectivity index (χ2v) is 5.24. The maximum Gasteiger partial charge on any atom is 0.221 e. The van der Waals surface area contributed by atoms with Crippen molar-refractivity contribution in [1.82, 2.24) is 15.5 Å². The summed E-state index contributed by atoms with van der Waals surface area (Å²) in [4.78, 5) is 0. The maximum atomic E-state index is 5.73. The zero-order valence-electron chi connectivity index (χ0n) is 9.71. The molecule has 1 aliphatic rings. The number of hydrogen-bond donors (Lipinski definition) is 1. The van der Waals surface area contributed by atoms with E-state index in [4.69, 9.17) is 4.42 Å². The van der Waals surface area contributed by atoms with Crippen molar-refractivity contribution in [2.75, 3.05) is 13.1 Å². The molecule has 84 valence electrons. The molecule has 0 aliphatic carbocycles. The molecule has 4 heteroatoms. The van der Waals surface area contributed by atoms with E-state index in [0.717, 1.165) is 31.3 Å². The van der Waals surface area contributed by atoms with Crippen LogP contribution < -0.4 is 5.32 Å². The quantitative estimate of drug-likeness (QED) is 0.766. The van der Waals surface area contributed by atoms with Gasteiger partial charge in [-0.15, -0.1) is 10.2 Å². The molecule has 1 aliphatic heterocycles. The summed E-state index contributed by atoms with van der Waals surface area (Å²) in [6.07, 6.45) is 2.34. The first-order valence-corrected chi connectivity index (χ1v) is 5.62. The Balaban J connectivity index is 2.12. The normalized spacial score (nSPS) is 23.0. The lowest BCUT2D eigenvalue weighted by Crippen LogP contribution is -2.28. The SMILES string of the molecule is CC(C)(C)c1nnc([C@H]2CCCNC2)o1. The van der Waals surface area contributed by atoms with E-state index in [1.807, 2.05) is 0 Å². The summed E-state index contributed by atoms with van der Waals surface area (Å²) < 4.78 is 5.73. The van der Waals surface area contributed by atoms with Crippen LogP contribution in [0.2, 0.25) is 0 Å². The molecule has 0 bridgehead atoms. The topological polar surface area (TPSA) is 51.0 Å². The summed E-state index contributed by atoms with van der Waals surface area (Å²) in [5.41, 5.74) is -0.0483. The van der Waals surface area contributed by atoms with Crippen molar-refractivity contribution in [3.8, 4) is 0 Å². The van der Waals surface area contributed by atoms with Crippen molar-refractivity contribution < 1.29 is 4.42 Å². The molecule has 0 saturated carbocycles. The summed E-state index contributed by atoms with van der Waals surface area (Å²) in [5, 5.41) is 11.6. The first-order chi connectivity index (χ1) is 7.07. The van der Waals surface area contributed by atoms with Crippen LogP contribution in [0.5, 0.6) is 0 Å². The molecule has 1 aromatic heterocycles. The van der Waals surface area contributed by atoms with E-state index in [0.29, 0.717) is 5.92 Å². The average Bonchev–Trinajstić information content (AvgIpc) is 2.67. The van der Waals surface area contributed by atoms with Crippen molar-refractivity contribution in [2.45, 2.75) is 44.9 Å². The van der Waals surface area contributed by atoms with Gasteiger partial charge in [-0.3, -0.25) is 0 Å². The fourth-order valence-electron chi connectivity index (χ4n) is 1.77. The van der Waals surface area contributed by atoms with Gasteiger partial charge in [0.2, 0.25) is 11.8 Å². The first kappa shape index (κ1) is 10.6. The molecule has 0 spiro atoms. The molecular formula is C11H19N3O. The summed E-state index contributed by atoms with van der Waals surface area (Å²) in [7, 11) is 0. The van der Waals surface area contributed by atoms with E-state index < -0.39 is 0 Å². The van der Waals surface area contributed by atoms with Gasteiger partial charge in [0.25, 0.3) is 0 Å². The van der Waals surface area contributed by atoms with E-state index in [-0.39, 0.29) is 5.41 Å². The predicted octanol–water partition coefficient (Wildman–Crippen LogP) is 1.83. The third kappa shape index (κ3) is 2.37. The van der Waals surface area contributed by atoms with E-state index in [1.165, 1.54) is 6.42 Å². The Bertz CT molecular complexity index is 321. The van der Waals surface area contributed by atoms with Crippen LogP contribution in [0.1, 0.15) is 51.3 Å². The average molecular weight is 209 g/mol. The lowest BCUT2D eigenvalue weighted by atomic mass is 9.97. The Morgan fingerprint density at radius 3 is 2.67 bits per heavy atom. The number of hydrogen-bond acceptors (Lipinski definition) is 4. The molecule has 1 aromatic rings. The van der Waals surface area contributed by atoms with Crippen molar-refractivity contribution in [1.29, 1.82) is 0 Å². The number of rotatable bonds is 1. The Kier molecular flexibility index (Phi) is 2.78. The minimum atomic E-state index is -0.0483. The van der Waals surface area contributed by atoms with Crippen LogP contribution in [-0.4, -0.2) is 23.3 Å². The molecule has 0 unspecified atom stereocenters. The van der Waals surface area contributed by atoms with E-state index in [1.54, 1.807) is 0 Å². The maximum absolute atomic E-state index is 5.73. The second kappa shape index (κ2) is 3.93. The lowest BCUT2D eigenvalue weighted by molar-refractivity contribution is 0.331. The molecule has 4 nitrogen and oxygen atoms in total. The molecule has 15 heavy (non-hydrogen) atoms. The highest BCUT2D eigenvalue weighted by atomic mass is 16.4. The van der Waals surface area contributed by atoms with Gasteiger partial charge < -0.3 is 9.73 Å². The zero-order valence-corrected chi connectivity index (χ0v) is 9.71. The number of nitrogens with one attached hydrogen (secondary N) is 1. The van der Waals surface area contributed by atoms with E-state index in [2.05, 4.69) is 36.3 Å². The standard InChI is InChI=1S/C11H19N3O/c1-11(2,3)10-14-13-9(15-10)8-5-4-6-12-7-8/h8,12H,4-7H2,1-3H3/t8-/m0/s1. The van der Waals surface area contributed by atoms with Gasteiger partial charge in [0.1, 0.15) is 0 Å². The number of nitrogens with zero attached hydrogens (tertiary/aromatic N) is 2. The Morgan fingerprint density at radius 2 is 2.13 bits per heavy atom. The van der Waals surface area contributed by atoms with Gasteiger partial charge in [-0.2, -0.15) is 0 Å². The summed E-state index contributed by atoms with van der Waals surface area (Å²) in [6.45, 7) is 8.33. The Morgan fingerprint density at radius 1 is 1.33 bits per heavy atom. The van der Waals surface area contributed by atoms with Crippen LogP contribution in [0, 0.1) is 0 Å². The molecule has 1 N–H and O–H groups in total. The molecule has 2 heterocycles. The van der Waals surface area contributed by atoms with Crippen LogP contribution in [0.15, 0.2) is 4.42 Å². The highest BCUT2D eigenvalue weighted by Gasteiger charge is 2.25. The minimum Gasteiger partial charge on any atom is -0.424 e. The van der Waals surface area contributed by atoms with E-state index in [9.17, 15) is 0 Å². The molecular weight excluding hydrogens is 190 g/mol. The van der Waals surface area contributed by atoms with Crippen molar-refractivity contribution in [2.24, 2.45) is 0 Å². The van der Waals surface area contributed by atoms with Crippen LogP contribution >= 0.6 is 0 Å². The summed E-state index contributed by atoms with van der Waals surface area (Å²) in [5.74, 6) is 1.94. The Labute approximate surface area is 90.5 Å². The van der Waals surface area contributed by atoms with Gasteiger partial charge in [-0.25, -0.2) is 0 Å². The van der Waals surface area contributed by atoms with Gasteiger partial charge in [0.15, 0.2) is 0 Å². The number of aromatic nitrogens is 2. The monoisotopic (exact) mass is 209 g/mol. The fourth-order valence-corrected chi connectivity index (χ4v) is 1.77. The van der Waals surface area contributed by atoms with Crippen LogP contribution in [0.4, 0.5) is 0 Å². The molecule has 0 aromatic carbocycles. The second-order valence-electron chi connectivity index (χ2n) is 5.24. The first-order valence-electron chi connectivity index (χ1n) is 5.62. The number of piperidine rings is 1. The van der Waals surface area contributed by atoms with Gasteiger partial charge in [0.05, 0.1) is 0 Å². The summed E-state index contributed by atoms with van der Waals surface area (Å²) >= 11 is 0. The van der Waals surface area contributed by atoms with Crippen LogP contribution in [0.3, 0.4) is 0 Å². The minimum absolute atomic E-state index is 0.0483. The van der Waals surface area contributed by atoms with Crippen molar-refractivity contribution in [3.05, 3.63) is 11.8 Å². The van der Waals surface area contributed by atoms with Crippen LogP contribution in [-0.2, 0) is 5.41 Å². The van der Waals surface area contributed by atoms with Crippen molar-refractivity contribution >= 4 is 0 Å². The molecule has 1 fully saturated rings. The molecule has 2 rings (SSSR count). The zero-order chi connectivity index (χ0) is 10.9. The fraction of sp³-hybridized carbons (Fsp3) is 0.818. The Hall–Kier alpha value is -0.900. The smallest absolute Gasteiger partial charge is 0.221 e. The predicted molar refractivity (Wildman–Crippen MR) is 57.8 cm³/mol. The van der Waals surface area contributed by atoms with Gasteiger partial charge in [-0.05, 0) is 19.4 Å². The van der Waals surface area contributed by atoms with E-state index >= 15 is 0 Å². The van der Waals surface area contributed by atoms with Crippen LogP contribution in [0.25, 0.3) is 0 Å². The summed E-state index contributed by atoms with van der Waals surface area (Å²) in [6, 6.07) is 0. The molecule has 0 amide bonds. The van der Waals surface area contributed by atoms with Gasteiger partial charge in [-0.1, -0.05) is 20.8 Å². The largest absolute Gasteiger partial charge is 0.424 e. The molecule has 0 radical (unpaired) electrons. The lowest BCUT2D eigenvalue weighted by Gasteiger charge is -2.19. The highest BCUT2D eigenvalue weighted by Crippen LogP contribution is 2.26. The van der Waals surface area contributed by atoms with Gasteiger partial charge >= 0.3 is 0 Å². The molecule has 1 saturated heterocycles. The highest BCUT2D eigenvalue weighted by molar-refractivity contribution is 5.00. The van der Waals surface area contributed by atoms with Crippen molar-refractivity contribution in [3.63, 3.8) is 0 Å².